The highest BCUT2D eigenvalue weighted by molar-refractivity contribution is 5.35. The van der Waals surface area contributed by atoms with Crippen LogP contribution in [0.4, 0.5) is 5.82 Å². The lowest BCUT2D eigenvalue weighted by molar-refractivity contribution is 0.312. The highest BCUT2D eigenvalue weighted by Gasteiger charge is 2.23. The molecule has 1 aromatic heterocycles. The third-order valence-electron chi connectivity index (χ3n) is 3.92. The van der Waals surface area contributed by atoms with Gasteiger partial charge in [0.2, 0.25) is 0 Å². The number of anilines is 1. The summed E-state index contributed by atoms with van der Waals surface area (Å²) in [6, 6.07) is 2.00. The first-order valence-corrected chi connectivity index (χ1v) is 6.76. The summed E-state index contributed by atoms with van der Waals surface area (Å²) in [6.07, 6.45) is 6.51. The molecule has 17 heavy (non-hydrogen) atoms. The van der Waals surface area contributed by atoms with Gasteiger partial charge in [0.15, 0.2) is 0 Å². The van der Waals surface area contributed by atoms with Crippen LogP contribution in [0.15, 0.2) is 6.07 Å². The molecule has 1 heterocycles. The lowest BCUT2D eigenvalue weighted by atomic mass is 9.80. The Labute approximate surface area is 104 Å². The molecule has 1 saturated carbocycles. The molecule has 0 saturated heterocycles. The van der Waals surface area contributed by atoms with Gasteiger partial charge >= 0.3 is 0 Å². The number of rotatable bonds is 3. The first kappa shape index (κ1) is 12.3. The van der Waals surface area contributed by atoms with Gasteiger partial charge in [-0.05, 0) is 38.5 Å². The first-order valence-electron chi connectivity index (χ1n) is 6.76. The van der Waals surface area contributed by atoms with E-state index in [0.717, 1.165) is 23.3 Å². The molecular formula is C14H23N3. The normalized spacial score (nSPS) is 24.6. The van der Waals surface area contributed by atoms with Gasteiger partial charge in [0.1, 0.15) is 11.6 Å². The van der Waals surface area contributed by atoms with E-state index in [-0.39, 0.29) is 0 Å². The predicted octanol–water partition coefficient (Wildman–Crippen LogP) is 3.51. The topological polar surface area (TPSA) is 37.8 Å². The van der Waals surface area contributed by atoms with E-state index in [1.165, 1.54) is 32.1 Å². The fourth-order valence-corrected chi connectivity index (χ4v) is 2.73. The van der Waals surface area contributed by atoms with Crippen LogP contribution in [0.25, 0.3) is 0 Å². The van der Waals surface area contributed by atoms with Crippen molar-refractivity contribution >= 4 is 5.82 Å². The molecule has 3 nitrogen and oxygen atoms in total. The second kappa shape index (κ2) is 5.48. The Morgan fingerprint density at radius 3 is 2.53 bits per heavy atom. The van der Waals surface area contributed by atoms with Crippen LogP contribution in [-0.4, -0.2) is 17.0 Å². The molecule has 0 spiro atoms. The van der Waals surface area contributed by atoms with Gasteiger partial charge in [-0.1, -0.05) is 13.3 Å². The maximum absolute atomic E-state index is 4.61. The minimum absolute atomic E-state index is 0.574. The molecule has 94 valence electrons. The van der Waals surface area contributed by atoms with E-state index < -0.39 is 0 Å². The molecule has 0 aliphatic heterocycles. The van der Waals surface area contributed by atoms with Gasteiger partial charge < -0.3 is 5.32 Å². The van der Waals surface area contributed by atoms with Crippen molar-refractivity contribution in [2.75, 3.05) is 12.4 Å². The van der Waals surface area contributed by atoms with Crippen LogP contribution in [0.1, 0.15) is 56.5 Å². The molecule has 0 amide bonds. The van der Waals surface area contributed by atoms with Crippen LogP contribution in [0.3, 0.4) is 0 Å². The van der Waals surface area contributed by atoms with Crippen molar-refractivity contribution in [1.29, 1.82) is 0 Å². The molecule has 2 rings (SSSR count). The van der Waals surface area contributed by atoms with Gasteiger partial charge in [-0.2, -0.15) is 0 Å². The van der Waals surface area contributed by atoms with E-state index in [0.29, 0.717) is 5.92 Å². The van der Waals surface area contributed by atoms with E-state index in [2.05, 4.69) is 22.2 Å². The number of nitrogens with one attached hydrogen (secondary N) is 1. The minimum Gasteiger partial charge on any atom is -0.373 e. The maximum atomic E-state index is 4.61. The van der Waals surface area contributed by atoms with Gasteiger partial charge in [0.05, 0.1) is 0 Å². The van der Waals surface area contributed by atoms with Crippen LogP contribution in [0, 0.1) is 12.8 Å². The van der Waals surface area contributed by atoms with Crippen molar-refractivity contribution in [2.24, 2.45) is 5.92 Å². The summed E-state index contributed by atoms with van der Waals surface area (Å²) < 4.78 is 0. The fraction of sp³-hybridized carbons (Fsp3) is 0.714. The number of hydrogen-bond donors (Lipinski definition) is 1. The zero-order valence-corrected chi connectivity index (χ0v) is 11.2. The minimum atomic E-state index is 0.574. The van der Waals surface area contributed by atoms with Crippen molar-refractivity contribution in [1.82, 2.24) is 9.97 Å². The van der Waals surface area contributed by atoms with E-state index in [4.69, 9.17) is 0 Å². The Morgan fingerprint density at radius 2 is 1.94 bits per heavy atom. The molecule has 1 aromatic rings. The summed E-state index contributed by atoms with van der Waals surface area (Å²) >= 11 is 0. The van der Waals surface area contributed by atoms with Crippen molar-refractivity contribution in [3.8, 4) is 0 Å². The van der Waals surface area contributed by atoms with Crippen molar-refractivity contribution in [2.45, 2.75) is 51.9 Å². The van der Waals surface area contributed by atoms with Gasteiger partial charge in [0, 0.05) is 24.7 Å². The quantitative estimate of drug-likeness (QED) is 0.868. The molecule has 0 unspecified atom stereocenters. The first-order chi connectivity index (χ1) is 8.22. The van der Waals surface area contributed by atoms with E-state index in [1.807, 2.05) is 20.0 Å². The number of nitrogens with zero attached hydrogens (tertiary/aromatic N) is 2. The third-order valence-corrected chi connectivity index (χ3v) is 3.92. The van der Waals surface area contributed by atoms with Gasteiger partial charge in [-0.15, -0.1) is 0 Å². The molecule has 0 bridgehead atoms. The Hall–Kier alpha value is -1.12. The zero-order valence-electron chi connectivity index (χ0n) is 11.2. The smallest absolute Gasteiger partial charge is 0.134 e. The number of aryl methyl sites for hydroxylation is 1. The molecule has 0 aromatic carbocycles. The van der Waals surface area contributed by atoms with Gasteiger partial charge in [-0.25, -0.2) is 9.97 Å². The number of hydrogen-bond acceptors (Lipinski definition) is 3. The largest absolute Gasteiger partial charge is 0.373 e. The Balaban J connectivity index is 2.10. The van der Waals surface area contributed by atoms with Crippen molar-refractivity contribution in [3.63, 3.8) is 0 Å². The molecule has 0 atom stereocenters. The average Bonchev–Trinajstić information content (AvgIpc) is 2.38. The molecule has 1 aliphatic rings. The summed E-state index contributed by atoms with van der Waals surface area (Å²) in [7, 11) is 1.92. The lowest BCUT2D eigenvalue weighted by Gasteiger charge is -2.27. The summed E-state index contributed by atoms with van der Waals surface area (Å²) in [6.45, 7) is 4.34. The summed E-state index contributed by atoms with van der Waals surface area (Å²) in [5.74, 6) is 3.50. The Kier molecular flexibility index (Phi) is 3.97. The summed E-state index contributed by atoms with van der Waals surface area (Å²) in [5.41, 5.74) is 1.07. The van der Waals surface area contributed by atoms with Gasteiger partial charge in [-0.3, -0.25) is 0 Å². The average molecular weight is 233 g/mol. The maximum Gasteiger partial charge on any atom is 0.134 e. The fourth-order valence-electron chi connectivity index (χ4n) is 2.73. The molecule has 0 radical (unpaired) electrons. The molecule has 1 fully saturated rings. The van der Waals surface area contributed by atoms with Crippen LogP contribution in [-0.2, 0) is 0 Å². The predicted molar refractivity (Wildman–Crippen MR) is 71.3 cm³/mol. The second-order valence-electron chi connectivity index (χ2n) is 5.13. The molecule has 1 aliphatic carbocycles. The Morgan fingerprint density at radius 1 is 1.24 bits per heavy atom. The van der Waals surface area contributed by atoms with Crippen LogP contribution >= 0.6 is 0 Å². The zero-order chi connectivity index (χ0) is 12.3. The van der Waals surface area contributed by atoms with Crippen molar-refractivity contribution < 1.29 is 0 Å². The van der Waals surface area contributed by atoms with Crippen LogP contribution < -0.4 is 5.32 Å². The van der Waals surface area contributed by atoms with Crippen molar-refractivity contribution in [3.05, 3.63) is 17.6 Å². The van der Waals surface area contributed by atoms with Crippen LogP contribution in [0.2, 0.25) is 0 Å². The highest BCUT2D eigenvalue weighted by Crippen LogP contribution is 2.35. The monoisotopic (exact) mass is 233 g/mol. The number of aromatic nitrogens is 2. The molecular weight excluding hydrogens is 210 g/mol. The lowest BCUT2D eigenvalue weighted by Crippen LogP contribution is -2.15. The van der Waals surface area contributed by atoms with E-state index in [9.17, 15) is 0 Å². The van der Waals surface area contributed by atoms with Gasteiger partial charge in [0.25, 0.3) is 0 Å². The summed E-state index contributed by atoms with van der Waals surface area (Å²) in [5, 5.41) is 3.12. The highest BCUT2D eigenvalue weighted by atomic mass is 15.0. The van der Waals surface area contributed by atoms with E-state index in [1.54, 1.807) is 0 Å². The van der Waals surface area contributed by atoms with E-state index >= 15 is 0 Å². The molecule has 1 N–H and O–H groups in total. The summed E-state index contributed by atoms with van der Waals surface area (Å²) in [4.78, 5) is 9.21. The Bertz CT molecular complexity index is 368. The van der Waals surface area contributed by atoms with Crippen LogP contribution in [0.5, 0.6) is 0 Å². The standard InChI is InChI=1S/C14H23N3/c1-4-11-5-7-12(8-6-11)14-16-10(2)9-13(15-3)17-14/h9,11-12H,4-8H2,1-3H3,(H,15,16,17). The molecule has 3 heteroatoms. The SMILES string of the molecule is CCC1CCC(c2nc(C)cc(NC)n2)CC1. The third kappa shape index (κ3) is 2.96. The second-order valence-corrected chi connectivity index (χ2v) is 5.13.